The molecule has 188 valence electrons. The topological polar surface area (TPSA) is 17.8 Å². The van der Waals surface area contributed by atoms with Gasteiger partial charge in [-0.15, -0.1) is 0 Å². The Labute approximate surface area is 206 Å². The second kappa shape index (κ2) is 19.0. The summed E-state index contributed by atoms with van der Waals surface area (Å²) in [4.78, 5) is 4.66. The quantitative estimate of drug-likeness (QED) is 0.162. The smallest absolute Gasteiger partial charge is 0.139 e. The number of fused-ring (bicyclic) bond motifs is 1. The maximum absolute atomic E-state index is 4.66. The average molecular weight is 455 g/mol. The molecular formula is C31H54N2. The van der Waals surface area contributed by atoms with Crippen LogP contribution in [-0.2, 0) is 6.54 Å². The van der Waals surface area contributed by atoms with Crippen molar-refractivity contribution in [1.29, 1.82) is 0 Å². The summed E-state index contributed by atoms with van der Waals surface area (Å²) in [5, 5.41) is 1.28. The fourth-order valence-corrected chi connectivity index (χ4v) is 5.26. The number of aromatic nitrogens is 2. The Balaban J connectivity index is 1.67. The molecule has 0 aliphatic rings. The van der Waals surface area contributed by atoms with Crippen molar-refractivity contribution >= 4 is 11.0 Å². The second-order valence-corrected chi connectivity index (χ2v) is 10.5. The van der Waals surface area contributed by atoms with Crippen LogP contribution in [0, 0.1) is 5.92 Å². The Hall–Kier alpha value is -1.31. The minimum atomic E-state index is 0.803. The molecule has 0 aromatic carbocycles. The summed E-state index contributed by atoms with van der Waals surface area (Å²) in [6.45, 7) is 5.75. The second-order valence-electron chi connectivity index (χ2n) is 10.5. The van der Waals surface area contributed by atoms with E-state index in [1.54, 1.807) is 0 Å². The lowest BCUT2D eigenvalue weighted by Crippen LogP contribution is -2.11. The highest BCUT2D eigenvalue weighted by Gasteiger charge is 2.12. The van der Waals surface area contributed by atoms with Gasteiger partial charge in [-0.05, 0) is 37.0 Å². The van der Waals surface area contributed by atoms with Crippen LogP contribution >= 0.6 is 0 Å². The summed E-state index contributed by atoms with van der Waals surface area (Å²) in [7, 11) is 0. The van der Waals surface area contributed by atoms with Gasteiger partial charge in [0.2, 0.25) is 0 Å². The zero-order chi connectivity index (χ0) is 23.4. The van der Waals surface area contributed by atoms with Crippen molar-refractivity contribution in [3.8, 4) is 0 Å². The highest BCUT2D eigenvalue weighted by atomic mass is 15.0. The molecule has 0 saturated heterocycles. The van der Waals surface area contributed by atoms with Crippen LogP contribution < -0.4 is 0 Å². The molecule has 33 heavy (non-hydrogen) atoms. The molecule has 0 bridgehead atoms. The van der Waals surface area contributed by atoms with Gasteiger partial charge in [0, 0.05) is 24.3 Å². The van der Waals surface area contributed by atoms with Gasteiger partial charge in [0.1, 0.15) is 5.65 Å². The molecule has 2 heteroatoms. The summed E-state index contributed by atoms with van der Waals surface area (Å²) in [6, 6.07) is 6.47. The molecule has 2 heterocycles. The van der Waals surface area contributed by atoms with Crippen LogP contribution in [0.3, 0.4) is 0 Å². The van der Waals surface area contributed by atoms with Crippen molar-refractivity contribution in [2.75, 3.05) is 0 Å². The Morgan fingerprint density at radius 2 is 1.12 bits per heavy atom. The van der Waals surface area contributed by atoms with Crippen LogP contribution in [-0.4, -0.2) is 9.55 Å². The highest BCUT2D eigenvalue weighted by molar-refractivity contribution is 5.75. The van der Waals surface area contributed by atoms with E-state index in [9.17, 15) is 0 Å². The summed E-state index contributed by atoms with van der Waals surface area (Å²) >= 11 is 0. The van der Waals surface area contributed by atoms with Crippen LogP contribution in [0.4, 0.5) is 0 Å². The van der Waals surface area contributed by atoms with Gasteiger partial charge in [0.05, 0.1) is 0 Å². The zero-order valence-corrected chi connectivity index (χ0v) is 22.2. The van der Waals surface area contributed by atoms with Gasteiger partial charge in [-0.3, -0.25) is 0 Å². The molecule has 0 spiro atoms. The first kappa shape index (κ1) is 27.9. The summed E-state index contributed by atoms with van der Waals surface area (Å²) in [5.41, 5.74) is 1.17. The molecule has 2 aromatic rings. The molecule has 0 radical (unpaired) electrons. The number of hydrogen-bond donors (Lipinski definition) is 0. The molecule has 0 N–H and O–H groups in total. The van der Waals surface area contributed by atoms with Gasteiger partial charge < -0.3 is 4.57 Å². The monoisotopic (exact) mass is 454 g/mol. The molecule has 0 amide bonds. The summed E-state index contributed by atoms with van der Waals surface area (Å²) in [5.74, 6) is 0.803. The molecule has 0 aliphatic heterocycles. The minimum Gasteiger partial charge on any atom is -0.332 e. The Bertz CT molecular complexity index is 689. The molecule has 0 fully saturated rings. The normalized spacial score (nSPS) is 12.5. The van der Waals surface area contributed by atoms with Crippen molar-refractivity contribution in [2.24, 2.45) is 5.92 Å². The summed E-state index contributed by atoms with van der Waals surface area (Å²) in [6.07, 6.45) is 32.6. The van der Waals surface area contributed by atoms with Gasteiger partial charge in [-0.1, -0.05) is 129 Å². The fraction of sp³-hybridized carbons (Fsp3) is 0.774. The summed E-state index contributed by atoms with van der Waals surface area (Å²) < 4.78 is 2.42. The van der Waals surface area contributed by atoms with Crippen molar-refractivity contribution in [2.45, 2.75) is 149 Å². The standard InChI is InChI=1S/C31H54N2/c1-3-5-7-9-11-13-14-16-18-20-23-29(22-19-17-15-12-10-8-6-4-2)28-33-27-25-30-24-21-26-32-31(30)33/h21,24-27,29H,3-20,22-23,28H2,1-2H3. The molecule has 2 rings (SSSR count). The van der Waals surface area contributed by atoms with Gasteiger partial charge >= 0.3 is 0 Å². The number of rotatable bonds is 22. The maximum atomic E-state index is 4.66. The zero-order valence-electron chi connectivity index (χ0n) is 22.2. The van der Waals surface area contributed by atoms with Crippen molar-refractivity contribution in [3.63, 3.8) is 0 Å². The van der Waals surface area contributed by atoms with Crippen molar-refractivity contribution in [3.05, 3.63) is 30.6 Å². The third kappa shape index (κ3) is 12.6. The van der Waals surface area contributed by atoms with Crippen LogP contribution in [0.1, 0.15) is 142 Å². The average Bonchev–Trinajstić information content (AvgIpc) is 3.24. The van der Waals surface area contributed by atoms with Crippen molar-refractivity contribution < 1.29 is 0 Å². The minimum absolute atomic E-state index is 0.803. The molecule has 2 aromatic heterocycles. The first-order chi connectivity index (χ1) is 16.3. The SMILES string of the molecule is CCCCCCCCCCCCC(CCCCCCCCCC)Cn1ccc2cccnc21. The van der Waals surface area contributed by atoms with E-state index >= 15 is 0 Å². The molecular weight excluding hydrogens is 400 g/mol. The van der Waals surface area contributed by atoms with Gasteiger partial charge in [0.25, 0.3) is 0 Å². The van der Waals surface area contributed by atoms with E-state index < -0.39 is 0 Å². The maximum Gasteiger partial charge on any atom is 0.139 e. The first-order valence-electron chi connectivity index (χ1n) is 14.7. The highest BCUT2D eigenvalue weighted by Crippen LogP contribution is 2.23. The third-order valence-corrected chi connectivity index (χ3v) is 7.41. The van der Waals surface area contributed by atoms with Crippen LogP contribution in [0.15, 0.2) is 30.6 Å². The number of hydrogen-bond acceptors (Lipinski definition) is 1. The number of nitrogens with zero attached hydrogens (tertiary/aromatic N) is 2. The van der Waals surface area contributed by atoms with E-state index in [4.69, 9.17) is 0 Å². The fourth-order valence-electron chi connectivity index (χ4n) is 5.26. The van der Waals surface area contributed by atoms with E-state index in [2.05, 4.69) is 47.8 Å². The first-order valence-corrected chi connectivity index (χ1v) is 14.7. The van der Waals surface area contributed by atoms with Crippen LogP contribution in [0.25, 0.3) is 11.0 Å². The number of unbranched alkanes of at least 4 members (excludes halogenated alkanes) is 16. The number of pyridine rings is 1. The lowest BCUT2D eigenvalue weighted by atomic mass is 9.93. The van der Waals surface area contributed by atoms with E-state index in [1.165, 1.54) is 139 Å². The molecule has 2 nitrogen and oxygen atoms in total. The predicted octanol–water partition coefficient (Wildman–Crippen LogP) is 10.5. The predicted molar refractivity (Wildman–Crippen MR) is 147 cm³/mol. The molecule has 1 unspecified atom stereocenters. The third-order valence-electron chi connectivity index (χ3n) is 7.41. The van der Waals surface area contributed by atoms with Crippen LogP contribution in [0.2, 0.25) is 0 Å². The lowest BCUT2D eigenvalue weighted by Gasteiger charge is -2.18. The van der Waals surface area contributed by atoms with Gasteiger partial charge in [0.15, 0.2) is 0 Å². The molecule has 1 atom stereocenters. The Kier molecular flexibility index (Phi) is 16.1. The Morgan fingerprint density at radius 3 is 1.64 bits per heavy atom. The van der Waals surface area contributed by atoms with Crippen LogP contribution in [0.5, 0.6) is 0 Å². The molecule has 0 aliphatic carbocycles. The van der Waals surface area contributed by atoms with Gasteiger partial charge in [-0.2, -0.15) is 0 Å². The van der Waals surface area contributed by atoms with E-state index in [0.717, 1.165) is 12.5 Å². The van der Waals surface area contributed by atoms with E-state index in [0.29, 0.717) is 0 Å². The largest absolute Gasteiger partial charge is 0.332 e. The van der Waals surface area contributed by atoms with Gasteiger partial charge in [-0.25, -0.2) is 4.98 Å². The van der Waals surface area contributed by atoms with E-state index in [-0.39, 0.29) is 0 Å². The lowest BCUT2D eigenvalue weighted by molar-refractivity contribution is 0.360. The molecule has 0 saturated carbocycles. The van der Waals surface area contributed by atoms with Crippen molar-refractivity contribution in [1.82, 2.24) is 9.55 Å². The van der Waals surface area contributed by atoms with E-state index in [1.807, 2.05) is 6.20 Å². The Morgan fingerprint density at radius 1 is 0.636 bits per heavy atom.